The van der Waals surface area contributed by atoms with Gasteiger partial charge in [0.15, 0.2) is 4.34 Å². The topological polar surface area (TPSA) is 67.8 Å². The van der Waals surface area contributed by atoms with E-state index in [2.05, 4.69) is 20.5 Å². The zero-order valence-corrected chi connectivity index (χ0v) is 16.6. The number of carbonyl (C=O) groups excluding carboxylic acids is 1. The van der Waals surface area contributed by atoms with Gasteiger partial charge in [-0.05, 0) is 17.7 Å². The molecule has 146 valence electrons. The molecule has 3 aromatic rings. The summed E-state index contributed by atoms with van der Waals surface area (Å²) in [6, 6.07) is 12.1. The molecule has 1 aromatic carbocycles. The van der Waals surface area contributed by atoms with Gasteiger partial charge in [0.2, 0.25) is 11.0 Å². The number of nitrogens with zero attached hydrogens (tertiary/aromatic N) is 3. The quantitative estimate of drug-likeness (QED) is 0.411. The van der Waals surface area contributed by atoms with Crippen LogP contribution in [0.3, 0.4) is 0 Å². The van der Waals surface area contributed by atoms with E-state index in [0.717, 1.165) is 39.7 Å². The fraction of sp³-hybridized carbons (Fsp3) is 0.176. The highest BCUT2D eigenvalue weighted by atomic mass is 32.2. The van der Waals surface area contributed by atoms with E-state index in [4.69, 9.17) is 0 Å². The van der Waals surface area contributed by atoms with Crippen LogP contribution in [0.15, 0.2) is 58.0 Å². The van der Waals surface area contributed by atoms with Gasteiger partial charge in [-0.1, -0.05) is 65.2 Å². The number of rotatable bonds is 7. The predicted molar refractivity (Wildman–Crippen MR) is 105 cm³/mol. The largest absolute Gasteiger partial charge is 0.417 e. The van der Waals surface area contributed by atoms with Gasteiger partial charge in [-0.2, -0.15) is 13.2 Å². The van der Waals surface area contributed by atoms with Crippen molar-refractivity contribution in [3.05, 3.63) is 59.8 Å². The SMILES string of the molecule is O=C(CSc1ccc(C(F)(F)F)cn1)Nc1nnc(SCc2ccccc2)s1. The Balaban J connectivity index is 1.45. The number of hydrogen-bond donors (Lipinski definition) is 1. The maximum Gasteiger partial charge on any atom is 0.417 e. The van der Waals surface area contributed by atoms with Gasteiger partial charge < -0.3 is 0 Å². The van der Waals surface area contributed by atoms with Crippen molar-refractivity contribution >= 4 is 45.9 Å². The van der Waals surface area contributed by atoms with E-state index in [0.29, 0.717) is 10.2 Å². The second-order valence-corrected chi connectivity index (χ2v) is 8.56. The first kappa shape index (κ1) is 20.6. The molecule has 0 unspecified atom stereocenters. The summed E-state index contributed by atoms with van der Waals surface area (Å²) in [5.41, 5.74) is 0.337. The molecule has 11 heteroatoms. The van der Waals surface area contributed by atoms with Crippen LogP contribution in [-0.4, -0.2) is 26.8 Å². The fourth-order valence-electron chi connectivity index (χ4n) is 1.97. The van der Waals surface area contributed by atoms with Crippen molar-refractivity contribution in [1.29, 1.82) is 0 Å². The standard InChI is InChI=1S/C17H13F3N4OS3/c18-17(19,20)12-6-7-14(21-8-12)26-10-13(25)22-15-23-24-16(28-15)27-9-11-4-2-1-3-5-11/h1-8H,9-10H2,(H,22,23,25). The number of alkyl halides is 3. The summed E-state index contributed by atoms with van der Waals surface area (Å²) in [6.45, 7) is 0. The number of pyridine rings is 1. The zero-order valence-electron chi connectivity index (χ0n) is 14.1. The Labute approximate surface area is 171 Å². The summed E-state index contributed by atoms with van der Waals surface area (Å²) < 4.78 is 38.2. The Morgan fingerprint density at radius 3 is 2.54 bits per heavy atom. The second kappa shape index (κ2) is 9.39. The average Bonchev–Trinajstić information content (AvgIpc) is 3.12. The highest BCUT2D eigenvalue weighted by molar-refractivity contribution is 8.00. The number of nitrogens with one attached hydrogen (secondary N) is 1. The highest BCUT2D eigenvalue weighted by Crippen LogP contribution is 2.30. The number of hydrogen-bond acceptors (Lipinski definition) is 7. The average molecular weight is 443 g/mol. The van der Waals surface area contributed by atoms with Gasteiger partial charge in [0.25, 0.3) is 0 Å². The van der Waals surface area contributed by atoms with Gasteiger partial charge in [0.05, 0.1) is 16.3 Å². The molecule has 0 saturated carbocycles. The Bertz CT molecular complexity index is 917. The summed E-state index contributed by atoms with van der Waals surface area (Å²) in [4.78, 5) is 15.7. The molecule has 0 aliphatic carbocycles. The number of halogens is 3. The maximum atomic E-state index is 12.5. The lowest BCUT2D eigenvalue weighted by Gasteiger charge is -2.06. The van der Waals surface area contributed by atoms with Gasteiger partial charge in [-0.15, -0.1) is 10.2 Å². The molecule has 0 radical (unpaired) electrons. The number of benzene rings is 1. The summed E-state index contributed by atoms with van der Waals surface area (Å²) in [7, 11) is 0. The van der Waals surface area contributed by atoms with Crippen molar-refractivity contribution in [2.24, 2.45) is 0 Å². The first-order valence-electron chi connectivity index (χ1n) is 7.86. The van der Waals surface area contributed by atoms with Gasteiger partial charge >= 0.3 is 6.18 Å². The molecule has 0 saturated heterocycles. The van der Waals surface area contributed by atoms with E-state index >= 15 is 0 Å². The van der Waals surface area contributed by atoms with Gasteiger partial charge in [0.1, 0.15) is 0 Å². The van der Waals surface area contributed by atoms with Crippen LogP contribution in [0.1, 0.15) is 11.1 Å². The van der Waals surface area contributed by atoms with Crippen LogP contribution in [0.4, 0.5) is 18.3 Å². The minimum absolute atomic E-state index is 0.00440. The molecule has 1 N–H and O–H groups in total. The highest BCUT2D eigenvalue weighted by Gasteiger charge is 2.30. The van der Waals surface area contributed by atoms with Crippen molar-refractivity contribution in [1.82, 2.24) is 15.2 Å². The lowest BCUT2D eigenvalue weighted by molar-refractivity contribution is -0.137. The van der Waals surface area contributed by atoms with Crippen molar-refractivity contribution in [3.63, 3.8) is 0 Å². The van der Waals surface area contributed by atoms with E-state index in [1.807, 2.05) is 30.3 Å². The third-order valence-electron chi connectivity index (χ3n) is 3.27. The Kier molecular flexibility index (Phi) is 6.92. The normalized spacial score (nSPS) is 11.4. The van der Waals surface area contributed by atoms with Crippen molar-refractivity contribution in [2.45, 2.75) is 21.3 Å². The molecule has 0 fully saturated rings. The third-order valence-corrected chi connectivity index (χ3v) is 6.26. The fourth-order valence-corrected chi connectivity index (χ4v) is 4.33. The molecule has 0 aliphatic heterocycles. The Hall–Kier alpha value is -2.11. The van der Waals surface area contributed by atoms with E-state index in [9.17, 15) is 18.0 Å². The van der Waals surface area contributed by atoms with Gasteiger partial charge in [0, 0.05) is 11.9 Å². The molecule has 0 bridgehead atoms. The van der Waals surface area contributed by atoms with E-state index < -0.39 is 11.7 Å². The van der Waals surface area contributed by atoms with Gasteiger partial charge in [-0.3, -0.25) is 10.1 Å². The molecule has 0 spiro atoms. The minimum Gasteiger partial charge on any atom is -0.300 e. The summed E-state index contributed by atoms with van der Waals surface area (Å²) in [5, 5.41) is 11.3. The van der Waals surface area contributed by atoms with Crippen molar-refractivity contribution < 1.29 is 18.0 Å². The molecule has 1 amide bonds. The van der Waals surface area contributed by atoms with Crippen LogP contribution in [0.2, 0.25) is 0 Å². The first-order chi connectivity index (χ1) is 13.4. The van der Waals surface area contributed by atoms with Crippen LogP contribution in [0.25, 0.3) is 0 Å². The molecule has 2 heterocycles. The number of carbonyl (C=O) groups is 1. The summed E-state index contributed by atoms with van der Waals surface area (Å²) >= 11 is 3.83. The van der Waals surface area contributed by atoms with Crippen molar-refractivity contribution in [3.8, 4) is 0 Å². The molecule has 28 heavy (non-hydrogen) atoms. The Morgan fingerprint density at radius 1 is 1.07 bits per heavy atom. The zero-order chi connectivity index (χ0) is 20.0. The van der Waals surface area contributed by atoms with Gasteiger partial charge in [-0.25, -0.2) is 4.98 Å². The predicted octanol–water partition coefficient (Wildman–Crippen LogP) is 4.98. The molecular formula is C17H13F3N4OS3. The number of amides is 1. The Morgan fingerprint density at radius 2 is 1.86 bits per heavy atom. The molecule has 3 rings (SSSR count). The monoisotopic (exact) mass is 442 g/mol. The van der Waals surface area contributed by atoms with E-state index in [-0.39, 0.29) is 11.7 Å². The van der Waals surface area contributed by atoms with Crippen LogP contribution >= 0.6 is 34.9 Å². The number of thioether (sulfide) groups is 2. The lowest BCUT2D eigenvalue weighted by Crippen LogP contribution is -2.14. The van der Waals surface area contributed by atoms with E-state index in [1.54, 1.807) is 0 Å². The van der Waals surface area contributed by atoms with Crippen LogP contribution in [-0.2, 0) is 16.7 Å². The van der Waals surface area contributed by atoms with Crippen molar-refractivity contribution in [2.75, 3.05) is 11.1 Å². The van der Waals surface area contributed by atoms with E-state index in [1.165, 1.54) is 29.2 Å². The maximum absolute atomic E-state index is 12.5. The second-order valence-electron chi connectivity index (χ2n) is 5.37. The number of anilines is 1. The molecule has 2 aromatic heterocycles. The summed E-state index contributed by atoms with van der Waals surface area (Å²) in [6.07, 6.45) is -3.68. The smallest absolute Gasteiger partial charge is 0.300 e. The lowest BCUT2D eigenvalue weighted by atomic mass is 10.2. The molecular weight excluding hydrogens is 429 g/mol. The molecule has 5 nitrogen and oxygen atoms in total. The third kappa shape index (κ3) is 6.21. The molecule has 0 atom stereocenters. The van der Waals surface area contributed by atoms with Crippen LogP contribution < -0.4 is 5.32 Å². The number of aromatic nitrogens is 3. The molecule has 0 aliphatic rings. The summed E-state index contributed by atoms with van der Waals surface area (Å²) in [5.74, 6) is 0.422. The minimum atomic E-state index is -4.43. The first-order valence-corrected chi connectivity index (χ1v) is 10.6. The van der Waals surface area contributed by atoms with Crippen LogP contribution in [0, 0.1) is 0 Å². The van der Waals surface area contributed by atoms with Crippen LogP contribution in [0.5, 0.6) is 0 Å².